The minimum absolute atomic E-state index is 0.137. The molecule has 4 rings (SSSR count). The number of carbonyl (C=O) groups is 2. The summed E-state index contributed by atoms with van der Waals surface area (Å²) < 4.78 is 32.4. The summed E-state index contributed by atoms with van der Waals surface area (Å²) in [5, 5.41) is 5.25. The van der Waals surface area contributed by atoms with Gasteiger partial charge in [-0.05, 0) is 54.1 Å². The van der Waals surface area contributed by atoms with Gasteiger partial charge in [0.05, 0.1) is 23.8 Å². The van der Waals surface area contributed by atoms with Crippen molar-refractivity contribution < 1.29 is 23.1 Å². The van der Waals surface area contributed by atoms with E-state index < -0.39 is 23.0 Å². The molecular formula is C23H17ClF2N2O3. The van der Waals surface area contributed by atoms with Gasteiger partial charge in [-0.2, -0.15) is 0 Å². The molecule has 0 bridgehead atoms. The highest BCUT2D eigenvalue weighted by atomic mass is 35.5. The molecule has 5 nitrogen and oxygen atoms in total. The molecule has 0 saturated carbocycles. The number of carbonyl (C=O) groups excluding carboxylic acids is 2. The van der Waals surface area contributed by atoms with Crippen LogP contribution in [0.1, 0.15) is 15.9 Å². The Morgan fingerprint density at radius 1 is 0.871 bits per heavy atom. The van der Waals surface area contributed by atoms with Crippen molar-refractivity contribution in [2.75, 3.05) is 23.8 Å². The van der Waals surface area contributed by atoms with Crippen LogP contribution in [-0.2, 0) is 14.9 Å². The van der Waals surface area contributed by atoms with Gasteiger partial charge in [-0.25, -0.2) is 8.78 Å². The van der Waals surface area contributed by atoms with Gasteiger partial charge in [-0.3, -0.25) is 9.59 Å². The standard InChI is InChI=1S/C23H17ClF2N2O3/c24-19-3-1-2-18(20(19)26)21(29)27-16-8-4-14(5-9-16)23(12-31-13-23)22(30)28-17-10-6-15(25)7-11-17/h1-11H,12-13H2,(H,27,29)(H,28,30). The van der Waals surface area contributed by atoms with Gasteiger partial charge in [-0.15, -0.1) is 0 Å². The predicted molar refractivity (Wildman–Crippen MR) is 113 cm³/mol. The van der Waals surface area contributed by atoms with E-state index in [4.69, 9.17) is 16.3 Å². The van der Waals surface area contributed by atoms with Crippen molar-refractivity contribution in [1.82, 2.24) is 0 Å². The number of hydrogen-bond donors (Lipinski definition) is 2. The van der Waals surface area contributed by atoms with Gasteiger partial charge in [0.15, 0.2) is 5.82 Å². The molecule has 1 aliphatic rings. The zero-order valence-corrected chi connectivity index (χ0v) is 16.9. The quantitative estimate of drug-likeness (QED) is 0.597. The molecule has 158 valence electrons. The molecule has 8 heteroatoms. The predicted octanol–water partition coefficient (Wildman–Crippen LogP) is 4.78. The first-order valence-electron chi connectivity index (χ1n) is 9.40. The van der Waals surface area contributed by atoms with E-state index in [1.54, 1.807) is 24.3 Å². The minimum atomic E-state index is -0.893. The number of rotatable bonds is 5. The van der Waals surface area contributed by atoms with Crippen LogP contribution < -0.4 is 10.6 Å². The Kier molecular flexibility index (Phi) is 5.71. The molecule has 1 aliphatic heterocycles. The summed E-state index contributed by atoms with van der Waals surface area (Å²) >= 11 is 5.73. The number of hydrogen-bond acceptors (Lipinski definition) is 3. The Labute approximate surface area is 182 Å². The number of ether oxygens (including phenoxy) is 1. The van der Waals surface area contributed by atoms with E-state index >= 15 is 0 Å². The highest BCUT2D eigenvalue weighted by Crippen LogP contribution is 2.34. The van der Waals surface area contributed by atoms with Crippen LogP contribution in [0.15, 0.2) is 66.7 Å². The fourth-order valence-corrected chi connectivity index (χ4v) is 3.44. The monoisotopic (exact) mass is 442 g/mol. The molecule has 3 aromatic carbocycles. The first-order valence-corrected chi connectivity index (χ1v) is 9.77. The Hall–Kier alpha value is -3.29. The van der Waals surface area contributed by atoms with E-state index in [-0.39, 0.29) is 29.7 Å². The van der Waals surface area contributed by atoms with Crippen molar-refractivity contribution in [3.05, 3.63) is 94.5 Å². The maximum atomic E-state index is 14.0. The lowest BCUT2D eigenvalue weighted by Gasteiger charge is -2.40. The average molecular weight is 443 g/mol. The fraction of sp³-hybridized carbons (Fsp3) is 0.130. The van der Waals surface area contributed by atoms with Crippen molar-refractivity contribution in [2.24, 2.45) is 0 Å². The van der Waals surface area contributed by atoms with Crippen LogP contribution in [0.3, 0.4) is 0 Å². The Morgan fingerprint density at radius 3 is 2.10 bits per heavy atom. The summed E-state index contributed by atoms with van der Waals surface area (Å²) in [5.74, 6) is -2.09. The van der Waals surface area contributed by atoms with E-state index in [1.807, 2.05) is 0 Å². The molecule has 1 fully saturated rings. The zero-order chi connectivity index (χ0) is 22.0. The normalized spacial score (nSPS) is 14.4. The van der Waals surface area contributed by atoms with Crippen LogP contribution in [0.5, 0.6) is 0 Å². The van der Waals surface area contributed by atoms with Crippen LogP contribution in [0.25, 0.3) is 0 Å². The van der Waals surface area contributed by atoms with Gasteiger partial charge in [0.1, 0.15) is 11.2 Å². The molecule has 1 heterocycles. The molecular weight excluding hydrogens is 426 g/mol. The molecule has 1 saturated heterocycles. The molecule has 0 aliphatic carbocycles. The topological polar surface area (TPSA) is 67.4 Å². The number of benzene rings is 3. The van der Waals surface area contributed by atoms with E-state index in [1.165, 1.54) is 42.5 Å². The Bertz CT molecular complexity index is 1130. The molecule has 3 aromatic rings. The lowest BCUT2D eigenvalue weighted by molar-refractivity contribution is -0.139. The van der Waals surface area contributed by atoms with Gasteiger partial charge in [0.2, 0.25) is 5.91 Å². The van der Waals surface area contributed by atoms with E-state index in [2.05, 4.69) is 10.6 Å². The molecule has 2 amide bonds. The van der Waals surface area contributed by atoms with E-state index in [0.717, 1.165) is 0 Å². The summed E-state index contributed by atoms with van der Waals surface area (Å²) in [6.45, 7) is 0.388. The summed E-state index contributed by atoms with van der Waals surface area (Å²) in [5.41, 5.74) is 0.549. The third-order valence-corrected chi connectivity index (χ3v) is 5.42. The number of nitrogens with one attached hydrogen (secondary N) is 2. The second-order valence-electron chi connectivity index (χ2n) is 7.17. The second-order valence-corrected chi connectivity index (χ2v) is 7.58. The van der Waals surface area contributed by atoms with Crippen LogP contribution >= 0.6 is 11.6 Å². The van der Waals surface area contributed by atoms with Crippen molar-refractivity contribution in [3.8, 4) is 0 Å². The summed E-state index contributed by atoms with van der Waals surface area (Å²) in [7, 11) is 0. The molecule has 31 heavy (non-hydrogen) atoms. The third-order valence-electron chi connectivity index (χ3n) is 5.13. The lowest BCUT2D eigenvalue weighted by Crippen LogP contribution is -2.55. The molecule has 0 aromatic heterocycles. The van der Waals surface area contributed by atoms with Crippen molar-refractivity contribution in [3.63, 3.8) is 0 Å². The SMILES string of the molecule is O=C(Nc1ccc(C2(C(=O)Nc3ccc(F)cc3)COC2)cc1)c1cccc(Cl)c1F. The van der Waals surface area contributed by atoms with Crippen LogP contribution in [0, 0.1) is 11.6 Å². The van der Waals surface area contributed by atoms with Gasteiger partial charge in [-0.1, -0.05) is 29.8 Å². The van der Waals surface area contributed by atoms with Gasteiger partial charge >= 0.3 is 0 Å². The number of amides is 2. The van der Waals surface area contributed by atoms with Gasteiger partial charge in [0.25, 0.3) is 5.91 Å². The number of anilines is 2. The first-order chi connectivity index (χ1) is 14.9. The van der Waals surface area contributed by atoms with Crippen molar-refractivity contribution in [2.45, 2.75) is 5.41 Å². The maximum absolute atomic E-state index is 14.0. The summed E-state index contributed by atoms with van der Waals surface area (Å²) in [6.07, 6.45) is 0. The largest absolute Gasteiger partial charge is 0.378 e. The number of halogens is 3. The summed E-state index contributed by atoms with van der Waals surface area (Å²) in [6, 6.07) is 16.3. The maximum Gasteiger partial charge on any atom is 0.258 e. The van der Waals surface area contributed by atoms with Crippen molar-refractivity contribution >= 4 is 34.8 Å². The highest BCUT2D eigenvalue weighted by molar-refractivity contribution is 6.31. The van der Waals surface area contributed by atoms with Crippen LogP contribution in [-0.4, -0.2) is 25.0 Å². The highest BCUT2D eigenvalue weighted by Gasteiger charge is 2.47. The Morgan fingerprint density at radius 2 is 1.48 bits per heavy atom. The third kappa shape index (κ3) is 4.15. The first kappa shape index (κ1) is 21.0. The molecule has 2 N–H and O–H groups in total. The molecule has 0 atom stereocenters. The van der Waals surface area contributed by atoms with Gasteiger partial charge in [0, 0.05) is 11.4 Å². The fourth-order valence-electron chi connectivity index (χ4n) is 3.27. The smallest absolute Gasteiger partial charge is 0.258 e. The summed E-state index contributed by atoms with van der Waals surface area (Å²) in [4.78, 5) is 25.3. The lowest BCUT2D eigenvalue weighted by atomic mass is 9.77. The minimum Gasteiger partial charge on any atom is -0.378 e. The molecule has 0 spiro atoms. The average Bonchev–Trinajstić information content (AvgIpc) is 2.72. The molecule has 0 radical (unpaired) electrons. The Balaban J connectivity index is 1.49. The van der Waals surface area contributed by atoms with Crippen LogP contribution in [0.4, 0.5) is 20.2 Å². The van der Waals surface area contributed by atoms with E-state index in [0.29, 0.717) is 16.9 Å². The molecule has 0 unspecified atom stereocenters. The second kappa shape index (κ2) is 8.45. The van der Waals surface area contributed by atoms with Crippen LogP contribution in [0.2, 0.25) is 5.02 Å². The van der Waals surface area contributed by atoms with E-state index in [9.17, 15) is 18.4 Å². The van der Waals surface area contributed by atoms with Gasteiger partial charge < -0.3 is 15.4 Å². The zero-order valence-electron chi connectivity index (χ0n) is 16.1. The van der Waals surface area contributed by atoms with Crippen molar-refractivity contribution in [1.29, 1.82) is 0 Å².